The van der Waals surface area contributed by atoms with Crippen LogP contribution in [0.5, 0.6) is 0 Å². The molecule has 2 nitrogen and oxygen atoms in total. The number of aryl methyl sites for hydroxylation is 1. The molecule has 1 fully saturated rings. The third-order valence-corrected chi connectivity index (χ3v) is 5.22. The average Bonchev–Trinajstić information content (AvgIpc) is 2.69. The van der Waals surface area contributed by atoms with E-state index in [9.17, 15) is 0 Å². The van der Waals surface area contributed by atoms with Crippen molar-refractivity contribution in [3.8, 4) is 0 Å². The van der Waals surface area contributed by atoms with Crippen LogP contribution < -0.4 is 5.32 Å². The van der Waals surface area contributed by atoms with Gasteiger partial charge >= 0.3 is 0 Å². The van der Waals surface area contributed by atoms with Crippen molar-refractivity contribution >= 4 is 11.3 Å². The topological polar surface area (TPSA) is 24.9 Å². The van der Waals surface area contributed by atoms with Gasteiger partial charge in [-0.3, -0.25) is 0 Å². The van der Waals surface area contributed by atoms with Gasteiger partial charge in [0.1, 0.15) is 0 Å². The zero-order chi connectivity index (χ0) is 14.2. The van der Waals surface area contributed by atoms with Gasteiger partial charge in [-0.05, 0) is 32.2 Å². The molecule has 1 atom stereocenters. The molecule has 0 aliphatic heterocycles. The number of hydrogen-bond donors (Lipinski definition) is 1. The van der Waals surface area contributed by atoms with E-state index in [4.69, 9.17) is 0 Å². The maximum absolute atomic E-state index is 4.65. The Labute approximate surface area is 128 Å². The fraction of sp³-hybridized carbons (Fsp3) is 0.824. The molecule has 20 heavy (non-hydrogen) atoms. The minimum atomic E-state index is 0.625. The minimum absolute atomic E-state index is 0.625. The van der Waals surface area contributed by atoms with Crippen LogP contribution in [0.2, 0.25) is 0 Å². The number of aromatic nitrogens is 1. The van der Waals surface area contributed by atoms with Crippen molar-refractivity contribution in [1.82, 2.24) is 10.3 Å². The quantitative estimate of drug-likeness (QED) is 0.736. The predicted octanol–water partition coefficient (Wildman–Crippen LogP) is 4.72. The van der Waals surface area contributed by atoms with E-state index in [-0.39, 0.29) is 0 Å². The molecular formula is C17H30N2S. The predicted molar refractivity (Wildman–Crippen MR) is 88.4 cm³/mol. The van der Waals surface area contributed by atoms with Gasteiger partial charge in [0.15, 0.2) is 0 Å². The zero-order valence-electron chi connectivity index (χ0n) is 13.2. The summed E-state index contributed by atoms with van der Waals surface area (Å²) in [5.74, 6) is 0.937. The highest BCUT2D eigenvalue weighted by atomic mass is 32.1. The van der Waals surface area contributed by atoms with Crippen molar-refractivity contribution in [3.63, 3.8) is 0 Å². The summed E-state index contributed by atoms with van der Waals surface area (Å²) in [5, 5.41) is 7.20. The second kappa shape index (κ2) is 8.78. The molecule has 0 aromatic carbocycles. The van der Waals surface area contributed by atoms with Crippen molar-refractivity contribution in [2.45, 2.75) is 77.7 Å². The van der Waals surface area contributed by atoms with E-state index in [0.717, 1.165) is 18.9 Å². The smallest absolute Gasteiger partial charge is 0.0897 e. The Morgan fingerprint density at radius 2 is 2.05 bits per heavy atom. The number of nitrogens with zero attached hydrogens (tertiary/aromatic N) is 1. The van der Waals surface area contributed by atoms with E-state index in [1.165, 1.54) is 62.1 Å². The lowest BCUT2D eigenvalue weighted by Gasteiger charge is -2.23. The molecule has 1 aliphatic carbocycles. The van der Waals surface area contributed by atoms with Crippen LogP contribution in [0.25, 0.3) is 0 Å². The molecule has 1 N–H and O–H groups in total. The lowest BCUT2D eigenvalue weighted by Crippen LogP contribution is -2.34. The molecule has 0 radical (unpaired) electrons. The summed E-state index contributed by atoms with van der Waals surface area (Å²) in [6, 6.07) is 0.625. The third kappa shape index (κ3) is 5.53. The Hall–Kier alpha value is -0.410. The first-order valence-electron chi connectivity index (χ1n) is 8.42. The molecule has 1 unspecified atom stereocenters. The second-order valence-corrected chi connectivity index (χ2v) is 7.37. The lowest BCUT2D eigenvalue weighted by atomic mass is 9.91. The van der Waals surface area contributed by atoms with Crippen LogP contribution >= 0.6 is 11.3 Å². The van der Waals surface area contributed by atoms with Crippen LogP contribution in [-0.2, 0) is 6.42 Å². The molecule has 0 spiro atoms. The number of nitrogens with one attached hydrogen (secondary N) is 1. The number of thiazole rings is 1. The van der Waals surface area contributed by atoms with Gasteiger partial charge in [-0.2, -0.15) is 0 Å². The van der Waals surface area contributed by atoms with Gasteiger partial charge in [-0.1, -0.05) is 45.4 Å². The van der Waals surface area contributed by atoms with Crippen molar-refractivity contribution in [1.29, 1.82) is 0 Å². The lowest BCUT2D eigenvalue weighted by molar-refractivity contribution is 0.348. The average molecular weight is 295 g/mol. The number of rotatable bonds is 7. The summed E-state index contributed by atoms with van der Waals surface area (Å²) < 4.78 is 0. The first-order chi connectivity index (χ1) is 9.78. The van der Waals surface area contributed by atoms with Gasteiger partial charge in [0.05, 0.1) is 10.7 Å². The second-order valence-electron chi connectivity index (χ2n) is 6.31. The van der Waals surface area contributed by atoms with Crippen LogP contribution in [0, 0.1) is 12.8 Å². The normalized spacial score (nSPS) is 18.9. The Bertz CT molecular complexity index is 367. The molecule has 3 heteroatoms. The molecule has 1 aromatic rings. The maximum Gasteiger partial charge on any atom is 0.0897 e. The molecule has 1 saturated carbocycles. The summed E-state index contributed by atoms with van der Waals surface area (Å²) >= 11 is 1.78. The fourth-order valence-electron chi connectivity index (χ4n) is 3.34. The van der Waals surface area contributed by atoms with Crippen LogP contribution in [0.3, 0.4) is 0 Å². The summed E-state index contributed by atoms with van der Waals surface area (Å²) in [5.41, 5.74) is 1.29. The maximum atomic E-state index is 4.65. The Morgan fingerprint density at radius 1 is 1.30 bits per heavy atom. The van der Waals surface area contributed by atoms with E-state index < -0.39 is 0 Å². The molecule has 1 aromatic heterocycles. The largest absolute Gasteiger partial charge is 0.314 e. The van der Waals surface area contributed by atoms with E-state index in [1.807, 2.05) is 0 Å². The van der Waals surface area contributed by atoms with Gasteiger partial charge < -0.3 is 5.32 Å². The SMILES string of the molecule is CCCNC(Cc1csc(C)n1)CC1CCCCCC1. The van der Waals surface area contributed by atoms with Crippen LogP contribution in [0.4, 0.5) is 0 Å². The summed E-state index contributed by atoms with van der Waals surface area (Å²) in [7, 11) is 0. The van der Waals surface area contributed by atoms with Crippen molar-refractivity contribution in [2.24, 2.45) is 5.92 Å². The molecule has 1 heterocycles. The van der Waals surface area contributed by atoms with E-state index >= 15 is 0 Å². The number of hydrogen-bond acceptors (Lipinski definition) is 3. The molecule has 0 amide bonds. The minimum Gasteiger partial charge on any atom is -0.314 e. The molecule has 1 aliphatic rings. The van der Waals surface area contributed by atoms with Gasteiger partial charge in [-0.15, -0.1) is 11.3 Å². The van der Waals surface area contributed by atoms with Crippen LogP contribution in [0.1, 0.15) is 69.0 Å². The highest BCUT2D eigenvalue weighted by molar-refractivity contribution is 7.09. The summed E-state index contributed by atoms with van der Waals surface area (Å²) in [6.45, 7) is 5.50. The fourth-order valence-corrected chi connectivity index (χ4v) is 3.97. The molecule has 0 saturated heterocycles. The molecule has 0 bridgehead atoms. The summed E-state index contributed by atoms with van der Waals surface area (Å²) in [6.07, 6.45) is 12.4. The van der Waals surface area contributed by atoms with Gasteiger partial charge in [-0.25, -0.2) is 4.98 Å². The first-order valence-corrected chi connectivity index (χ1v) is 9.30. The molecule has 2 rings (SSSR count). The van der Waals surface area contributed by atoms with Crippen LogP contribution in [0.15, 0.2) is 5.38 Å². The Balaban J connectivity index is 1.88. The molecule has 114 valence electrons. The van der Waals surface area contributed by atoms with Gasteiger partial charge in [0.25, 0.3) is 0 Å². The van der Waals surface area contributed by atoms with Crippen molar-refractivity contribution in [2.75, 3.05) is 6.54 Å². The molecular weight excluding hydrogens is 264 g/mol. The Kier molecular flexibility index (Phi) is 7.01. The Morgan fingerprint density at radius 3 is 2.65 bits per heavy atom. The standard InChI is InChI=1S/C17H30N2S/c1-3-10-18-16(12-17-13-20-14(2)19-17)11-15-8-6-4-5-7-9-15/h13,15-16,18H,3-12H2,1-2H3. The van der Waals surface area contributed by atoms with Crippen molar-refractivity contribution < 1.29 is 0 Å². The highest BCUT2D eigenvalue weighted by Gasteiger charge is 2.19. The zero-order valence-corrected chi connectivity index (χ0v) is 14.0. The monoisotopic (exact) mass is 294 g/mol. The van der Waals surface area contributed by atoms with E-state index in [2.05, 4.69) is 29.5 Å². The van der Waals surface area contributed by atoms with Gasteiger partial charge in [0, 0.05) is 17.8 Å². The van der Waals surface area contributed by atoms with E-state index in [0.29, 0.717) is 6.04 Å². The summed E-state index contributed by atoms with van der Waals surface area (Å²) in [4.78, 5) is 4.65. The van der Waals surface area contributed by atoms with Crippen LogP contribution in [-0.4, -0.2) is 17.6 Å². The van der Waals surface area contributed by atoms with E-state index in [1.54, 1.807) is 11.3 Å². The van der Waals surface area contributed by atoms with Crippen molar-refractivity contribution in [3.05, 3.63) is 16.1 Å². The highest BCUT2D eigenvalue weighted by Crippen LogP contribution is 2.27. The third-order valence-electron chi connectivity index (χ3n) is 4.40. The van der Waals surface area contributed by atoms with Gasteiger partial charge in [0.2, 0.25) is 0 Å². The first kappa shape index (κ1) is 16.0.